The van der Waals surface area contributed by atoms with Crippen LogP contribution in [0.15, 0.2) is 60.9 Å². The lowest BCUT2D eigenvalue weighted by Gasteiger charge is -2.10. The van der Waals surface area contributed by atoms with Crippen LogP contribution in [0.1, 0.15) is 88.9 Å². The maximum absolute atomic E-state index is 12.2. The topological polar surface area (TPSA) is 61.3 Å². The predicted molar refractivity (Wildman–Crippen MR) is 151 cm³/mol. The van der Waals surface area contributed by atoms with Crippen molar-refractivity contribution in [3.05, 3.63) is 66.5 Å². The summed E-state index contributed by atoms with van der Waals surface area (Å²) < 4.78 is 11.3. The highest BCUT2D eigenvalue weighted by molar-refractivity contribution is 5.90. The van der Waals surface area contributed by atoms with Gasteiger partial charge in [-0.1, -0.05) is 84.3 Å². The Labute approximate surface area is 222 Å². The summed E-state index contributed by atoms with van der Waals surface area (Å²) in [6.07, 6.45) is 14.9. The van der Waals surface area contributed by atoms with Crippen LogP contribution in [0, 0.1) is 5.92 Å². The van der Waals surface area contributed by atoms with Crippen molar-refractivity contribution in [1.82, 2.24) is 9.97 Å². The summed E-state index contributed by atoms with van der Waals surface area (Å²) in [5.41, 5.74) is 4.01. The summed E-state index contributed by atoms with van der Waals surface area (Å²) in [6.45, 7) is 7.61. The molecule has 3 aromatic rings. The molecule has 1 unspecified atom stereocenters. The molecule has 0 aliphatic rings. The summed E-state index contributed by atoms with van der Waals surface area (Å²) in [7, 11) is 0. The minimum Gasteiger partial charge on any atom is -0.494 e. The van der Waals surface area contributed by atoms with E-state index in [1.165, 1.54) is 44.9 Å². The van der Waals surface area contributed by atoms with Crippen LogP contribution in [0.2, 0.25) is 0 Å². The SMILES string of the molecule is CCCCCCCCCCOc1ccc(-c2cnc(-c3ccc(C(=O)OCC(C)CC)cc3)cn2)cc1. The minimum atomic E-state index is -0.293. The van der Waals surface area contributed by atoms with E-state index in [4.69, 9.17) is 9.47 Å². The van der Waals surface area contributed by atoms with Crippen LogP contribution in [-0.4, -0.2) is 29.2 Å². The molecule has 0 saturated carbocycles. The van der Waals surface area contributed by atoms with Gasteiger partial charge in [0.25, 0.3) is 0 Å². The zero-order chi connectivity index (χ0) is 26.3. The third kappa shape index (κ3) is 9.64. The first-order chi connectivity index (χ1) is 18.1. The molecule has 1 heterocycles. The number of nitrogens with zero attached hydrogens (tertiary/aromatic N) is 2. The number of carbonyl (C=O) groups is 1. The van der Waals surface area contributed by atoms with Gasteiger partial charge in [0.05, 0.1) is 42.6 Å². The van der Waals surface area contributed by atoms with Gasteiger partial charge in [0.2, 0.25) is 0 Å². The average molecular weight is 503 g/mol. The van der Waals surface area contributed by atoms with Crippen LogP contribution in [-0.2, 0) is 4.74 Å². The second-order valence-corrected chi connectivity index (χ2v) is 9.82. The molecule has 3 rings (SSSR count). The van der Waals surface area contributed by atoms with Crippen LogP contribution >= 0.6 is 0 Å². The van der Waals surface area contributed by atoms with E-state index in [0.717, 1.165) is 47.7 Å². The smallest absolute Gasteiger partial charge is 0.338 e. The van der Waals surface area contributed by atoms with Crippen molar-refractivity contribution in [3.63, 3.8) is 0 Å². The Morgan fingerprint density at radius 2 is 1.30 bits per heavy atom. The lowest BCUT2D eigenvalue weighted by atomic mass is 10.1. The second-order valence-electron chi connectivity index (χ2n) is 9.82. The van der Waals surface area contributed by atoms with Gasteiger partial charge in [-0.15, -0.1) is 0 Å². The number of hydrogen-bond acceptors (Lipinski definition) is 5. The Kier molecular flexibility index (Phi) is 12.1. The quantitative estimate of drug-likeness (QED) is 0.145. The van der Waals surface area contributed by atoms with Crippen LogP contribution in [0.3, 0.4) is 0 Å². The fraction of sp³-hybridized carbons (Fsp3) is 0.469. The van der Waals surface area contributed by atoms with Crippen LogP contribution in [0.5, 0.6) is 5.75 Å². The fourth-order valence-corrected chi connectivity index (χ4v) is 3.97. The lowest BCUT2D eigenvalue weighted by molar-refractivity contribution is 0.0447. The molecule has 5 nitrogen and oxygen atoms in total. The van der Waals surface area contributed by atoms with E-state index >= 15 is 0 Å². The summed E-state index contributed by atoms with van der Waals surface area (Å²) in [5.74, 6) is 0.956. The number of unbranched alkanes of at least 4 members (excludes halogenated alkanes) is 7. The maximum atomic E-state index is 12.2. The number of carbonyl (C=O) groups excluding carboxylic acids is 1. The van der Waals surface area contributed by atoms with Gasteiger partial charge >= 0.3 is 5.97 Å². The van der Waals surface area contributed by atoms with Crippen molar-refractivity contribution in [2.24, 2.45) is 5.92 Å². The molecule has 0 fully saturated rings. The Bertz CT molecular complexity index is 1050. The van der Waals surface area contributed by atoms with Gasteiger partial charge in [0.1, 0.15) is 5.75 Å². The molecule has 0 saturated heterocycles. The Hall–Kier alpha value is -3.21. The van der Waals surface area contributed by atoms with Crippen molar-refractivity contribution in [2.75, 3.05) is 13.2 Å². The number of hydrogen-bond donors (Lipinski definition) is 0. The lowest BCUT2D eigenvalue weighted by Crippen LogP contribution is -2.11. The van der Waals surface area contributed by atoms with Crippen molar-refractivity contribution in [1.29, 1.82) is 0 Å². The van der Waals surface area contributed by atoms with E-state index in [9.17, 15) is 4.79 Å². The highest BCUT2D eigenvalue weighted by Gasteiger charge is 2.10. The average Bonchev–Trinajstić information content (AvgIpc) is 2.95. The molecule has 1 atom stereocenters. The van der Waals surface area contributed by atoms with Gasteiger partial charge in [-0.2, -0.15) is 0 Å². The molecule has 37 heavy (non-hydrogen) atoms. The maximum Gasteiger partial charge on any atom is 0.338 e. The molecular weight excluding hydrogens is 460 g/mol. The number of ether oxygens (including phenoxy) is 2. The van der Waals surface area contributed by atoms with E-state index < -0.39 is 0 Å². The molecule has 0 bridgehead atoms. The Morgan fingerprint density at radius 1 is 0.757 bits per heavy atom. The molecule has 1 aromatic heterocycles. The second kappa shape index (κ2) is 15.8. The van der Waals surface area contributed by atoms with Gasteiger partial charge in [-0.05, 0) is 48.7 Å². The molecule has 0 amide bonds. The summed E-state index contributed by atoms with van der Waals surface area (Å²) in [4.78, 5) is 21.4. The van der Waals surface area contributed by atoms with E-state index in [1.54, 1.807) is 24.5 Å². The predicted octanol–water partition coefficient (Wildman–Crippen LogP) is 8.53. The standard InChI is InChI=1S/C32H42N2O3/c1-4-6-7-8-9-10-11-12-21-36-29-19-17-27(18-20-29)31-23-33-30(22-34-31)26-13-15-28(16-14-26)32(35)37-24-25(3)5-2/h13-20,22-23,25H,4-12,21,24H2,1-3H3. The minimum absolute atomic E-state index is 0.293. The zero-order valence-electron chi connectivity index (χ0n) is 22.7. The normalized spacial score (nSPS) is 11.8. The Morgan fingerprint density at radius 3 is 1.84 bits per heavy atom. The molecule has 5 heteroatoms. The molecular formula is C32H42N2O3. The number of rotatable bonds is 16. The van der Waals surface area contributed by atoms with Gasteiger partial charge in [-0.25, -0.2) is 4.79 Å². The molecule has 0 spiro atoms. The fourth-order valence-electron chi connectivity index (χ4n) is 3.97. The number of esters is 1. The third-order valence-corrected chi connectivity index (χ3v) is 6.68. The first-order valence-electron chi connectivity index (χ1n) is 13.9. The monoisotopic (exact) mass is 502 g/mol. The highest BCUT2D eigenvalue weighted by Crippen LogP contribution is 2.23. The third-order valence-electron chi connectivity index (χ3n) is 6.68. The van der Waals surface area contributed by atoms with Crippen LogP contribution in [0.25, 0.3) is 22.5 Å². The number of benzene rings is 2. The first kappa shape index (κ1) is 28.4. The molecule has 2 aromatic carbocycles. The van der Waals surface area contributed by atoms with Gasteiger partial charge < -0.3 is 9.47 Å². The van der Waals surface area contributed by atoms with E-state index in [2.05, 4.69) is 30.7 Å². The van der Waals surface area contributed by atoms with Gasteiger partial charge in [0, 0.05) is 11.1 Å². The summed E-state index contributed by atoms with van der Waals surface area (Å²) in [5, 5.41) is 0. The van der Waals surface area contributed by atoms with Crippen molar-refractivity contribution < 1.29 is 14.3 Å². The van der Waals surface area contributed by atoms with E-state index in [1.807, 2.05) is 36.4 Å². The van der Waals surface area contributed by atoms with Crippen molar-refractivity contribution >= 4 is 5.97 Å². The highest BCUT2D eigenvalue weighted by atomic mass is 16.5. The van der Waals surface area contributed by atoms with Gasteiger partial charge in [0.15, 0.2) is 0 Å². The van der Waals surface area contributed by atoms with Crippen LogP contribution in [0.4, 0.5) is 0 Å². The molecule has 198 valence electrons. The van der Waals surface area contributed by atoms with Crippen LogP contribution < -0.4 is 4.74 Å². The summed E-state index contributed by atoms with van der Waals surface area (Å²) >= 11 is 0. The zero-order valence-corrected chi connectivity index (χ0v) is 22.7. The molecule has 0 N–H and O–H groups in total. The molecule has 0 aliphatic carbocycles. The Balaban J connectivity index is 1.45. The van der Waals surface area contributed by atoms with Gasteiger partial charge in [-0.3, -0.25) is 9.97 Å². The van der Waals surface area contributed by atoms with Crippen molar-refractivity contribution in [3.8, 4) is 28.3 Å². The van der Waals surface area contributed by atoms with Crippen molar-refractivity contribution in [2.45, 2.75) is 78.6 Å². The van der Waals surface area contributed by atoms with E-state index in [0.29, 0.717) is 18.1 Å². The first-order valence-corrected chi connectivity index (χ1v) is 13.9. The molecule has 0 radical (unpaired) electrons. The largest absolute Gasteiger partial charge is 0.494 e. The molecule has 0 aliphatic heterocycles. The number of aromatic nitrogens is 2. The summed E-state index contributed by atoms with van der Waals surface area (Å²) in [6, 6.07) is 15.3. The van der Waals surface area contributed by atoms with E-state index in [-0.39, 0.29) is 5.97 Å².